The second-order valence-corrected chi connectivity index (χ2v) is 6.01. The highest BCUT2D eigenvalue weighted by Crippen LogP contribution is 2.23. The van der Waals surface area contributed by atoms with Gasteiger partial charge < -0.3 is 5.73 Å². The van der Waals surface area contributed by atoms with Gasteiger partial charge in [-0.1, -0.05) is 31.5 Å². The molecule has 3 nitrogen and oxygen atoms in total. The normalized spacial score (nSPS) is 12.9. The molecule has 1 atom stereocenters. The summed E-state index contributed by atoms with van der Waals surface area (Å²) >= 11 is 6.07. The zero-order valence-electron chi connectivity index (χ0n) is 13.0. The summed E-state index contributed by atoms with van der Waals surface area (Å²) in [6.07, 6.45) is 4.98. The lowest BCUT2D eigenvalue weighted by molar-refractivity contribution is 0.424. The molecule has 21 heavy (non-hydrogen) atoms. The minimum Gasteiger partial charge on any atom is -0.324 e. The number of halogens is 1. The fourth-order valence-corrected chi connectivity index (χ4v) is 2.88. The molecule has 0 fully saturated rings. The topological polar surface area (TPSA) is 43.8 Å². The van der Waals surface area contributed by atoms with E-state index in [0.717, 1.165) is 35.5 Å². The Morgan fingerprint density at radius 1 is 1.24 bits per heavy atom. The average molecular weight is 306 g/mol. The number of nitrogens with zero attached hydrogens (tertiary/aromatic N) is 2. The van der Waals surface area contributed by atoms with E-state index < -0.39 is 0 Å². The van der Waals surface area contributed by atoms with Crippen LogP contribution in [0, 0.1) is 6.92 Å². The molecular weight excluding hydrogens is 282 g/mol. The molecule has 0 aliphatic carbocycles. The molecule has 1 unspecified atom stereocenters. The standard InChI is InChI=1S/C17H24ClN3/c1-4-15(5-2)21-9-8-14(20-21)11-17(19)16-10-13(18)7-6-12(16)3/h6-10,15,17H,4-5,11,19H2,1-3H3. The first-order chi connectivity index (χ1) is 10.0. The largest absolute Gasteiger partial charge is 0.324 e. The highest BCUT2D eigenvalue weighted by Gasteiger charge is 2.14. The van der Waals surface area contributed by atoms with Crippen LogP contribution in [0.25, 0.3) is 0 Å². The molecule has 0 bridgehead atoms. The maximum absolute atomic E-state index is 6.34. The number of rotatable bonds is 6. The summed E-state index contributed by atoms with van der Waals surface area (Å²) in [7, 11) is 0. The third-order valence-electron chi connectivity index (χ3n) is 4.05. The van der Waals surface area contributed by atoms with E-state index in [9.17, 15) is 0 Å². The van der Waals surface area contributed by atoms with Crippen molar-refractivity contribution in [2.75, 3.05) is 0 Å². The molecule has 1 aromatic heterocycles. The Hall–Kier alpha value is -1.32. The fourth-order valence-electron chi connectivity index (χ4n) is 2.70. The lowest BCUT2D eigenvalue weighted by atomic mass is 9.98. The van der Waals surface area contributed by atoms with Crippen molar-refractivity contribution in [3.63, 3.8) is 0 Å². The molecule has 0 spiro atoms. The van der Waals surface area contributed by atoms with E-state index in [0.29, 0.717) is 6.04 Å². The molecule has 4 heteroatoms. The number of nitrogens with two attached hydrogens (primary N) is 1. The highest BCUT2D eigenvalue weighted by atomic mass is 35.5. The first kappa shape index (κ1) is 16.1. The Kier molecular flexibility index (Phi) is 5.43. The van der Waals surface area contributed by atoms with Gasteiger partial charge in [-0.05, 0) is 49.1 Å². The van der Waals surface area contributed by atoms with Gasteiger partial charge in [0, 0.05) is 23.7 Å². The lowest BCUT2D eigenvalue weighted by Gasteiger charge is -2.15. The monoisotopic (exact) mass is 305 g/mol. The maximum atomic E-state index is 6.34. The second-order valence-electron chi connectivity index (χ2n) is 5.57. The minimum absolute atomic E-state index is 0.0752. The van der Waals surface area contributed by atoms with Crippen molar-refractivity contribution in [1.82, 2.24) is 9.78 Å². The van der Waals surface area contributed by atoms with Gasteiger partial charge in [-0.25, -0.2) is 0 Å². The minimum atomic E-state index is -0.0752. The first-order valence-corrected chi connectivity index (χ1v) is 7.98. The van der Waals surface area contributed by atoms with Crippen LogP contribution < -0.4 is 5.73 Å². The van der Waals surface area contributed by atoms with Crippen molar-refractivity contribution in [3.05, 3.63) is 52.3 Å². The number of aromatic nitrogens is 2. The van der Waals surface area contributed by atoms with Crippen LogP contribution in [0.15, 0.2) is 30.5 Å². The molecule has 2 N–H and O–H groups in total. The van der Waals surface area contributed by atoms with Gasteiger partial charge in [0.25, 0.3) is 0 Å². The van der Waals surface area contributed by atoms with Gasteiger partial charge in [-0.15, -0.1) is 0 Å². The SMILES string of the molecule is CCC(CC)n1ccc(CC(N)c2cc(Cl)ccc2C)n1. The molecule has 0 aliphatic rings. The summed E-state index contributed by atoms with van der Waals surface area (Å²) in [4.78, 5) is 0. The Morgan fingerprint density at radius 2 is 1.95 bits per heavy atom. The van der Waals surface area contributed by atoms with E-state index in [1.807, 2.05) is 18.2 Å². The van der Waals surface area contributed by atoms with Crippen molar-refractivity contribution in [3.8, 4) is 0 Å². The third kappa shape index (κ3) is 3.86. The number of hydrogen-bond acceptors (Lipinski definition) is 2. The van der Waals surface area contributed by atoms with E-state index in [1.165, 1.54) is 5.56 Å². The number of benzene rings is 1. The van der Waals surface area contributed by atoms with E-state index in [2.05, 4.69) is 42.8 Å². The fraction of sp³-hybridized carbons (Fsp3) is 0.471. The molecule has 0 saturated carbocycles. The van der Waals surface area contributed by atoms with Crippen LogP contribution >= 0.6 is 11.6 Å². The molecule has 0 saturated heterocycles. The zero-order chi connectivity index (χ0) is 15.4. The molecule has 2 aromatic rings. The molecular formula is C17H24ClN3. The smallest absolute Gasteiger partial charge is 0.0643 e. The molecule has 114 valence electrons. The first-order valence-electron chi connectivity index (χ1n) is 7.60. The molecule has 2 rings (SSSR count). The number of hydrogen-bond donors (Lipinski definition) is 1. The van der Waals surface area contributed by atoms with E-state index in [1.54, 1.807) is 0 Å². The Morgan fingerprint density at radius 3 is 2.62 bits per heavy atom. The molecule has 0 aliphatic heterocycles. The van der Waals surface area contributed by atoms with Crippen LogP contribution in [0.5, 0.6) is 0 Å². The predicted octanol–water partition coefficient (Wildman–Crippen LogP) is 4.45. The van der Waals surface area contributed by atoms with Gasteiger partial charge >= 0.3 is 0 Å². The second kappa shape index (κ2) is 7.10. The quantitative estimate of drug-likeness (QED) is 0.857. The molecule has 1 aromatic carbocycles. The summed E-state index contributed by atoms with van der Waals surface area (Å²) in [5, 5.41) is 5.40. The van der Waals surface area contributed by atoms with Gasteiger partial charge in [0.15, 0.2) is 0 Å². The van der Waals surface area contributed by atoms with E-state index >= 15 is 0 Å². The van der Waals surface area contributed by atoms with Crippen molar-refractivity contribution < 1.29 is 0 Å². The van der Waals surface area contributed by atoms with Gasteiger partial charge in [-0.2, -0.15) is 5.10 Å². The zero-order valence-corrected chi connectivity index (χ0v) is 13.8. The average Bonchev–Trinajstić information content (AvgIpc) is 2.91. The van der Waals surface area contributed by atoms with E-state index in [4.69, 9.17) is 17.3 Å². The summed E-state index contributed by atoms with van der Waals surface area (Å²) in [6, 6.07) is 8.34. The van der Waals surface area contributed by atoms with Crippen molar-refractivity contribution in [2.45, 2.75) is 52.1 Å². The Labute approximate surface area is 132 Å². The molecule has 0 radical (unpaired) electrons. The number of aryl methyl sites for hydroxylation is 1. The lowest BCUT2D eigenvalue weighted by Crippen LogP contribution is -2.15. The summed E-state index contributed by atoms with van der Waals surface area (Å²) in [5.41, 5.74) is 9.64. The van der Waals surface area contributed by atoms with Gasteiger partial charge in [0.05, 0.1) is 11.7 Å². The van der Waals surface area contributed by atoms with Crippen LogP contribution in [0.4, 0.5) is 0 Å². The molecule has 0 amide bonds. The van der Waals surface area contributed by atoms with Crippen molar-refractivity contribution in [2.24, 2.45) is 5.73 Å². The van der Waals surface area contributed by atoms with Crippen LogP contribution in [-0.2, 0) is 6.42 Å². The third-order valence-corrected chi connectivity index (χ3v) is 4.29. The van der Waals surface area contributed by atoms with E-state index in [-0.39, 0.29) is 6.04 Å². The van der Waals surface area contributed by atoms with Crippen LogP contribution in [-0.4, -0.2) is 9.78 Å². The summed E-state index contributed by atoms with van der Waals surface area (Å²) in [6.45, 7) is 6.45. The van der Waals surface area contributed by atoms with Crippen LogP contribution in [0.1, 0.15) is 55.6 Å². The predicted molar refractivity (Wildman–Crippen MR) is 88.7 cm³/mol. The summed E-state index contributed by atoms with van der Waals surface area (Å²) in [5.74, 6) is 0. The summed E-state index contributed by atoms with van der Waals surface area (Å²) < 4.78 is 2.06. The van der Waals surface area contributed by atoms with Gasteiger partial charge in [0.2, 0.25) is 0 Å². The van der Waals surface area contributed by atoms with Gasteiger partial charge in [0.1, 0.15) is 0 Å². The maximum Gasteiger partial charge on any atom is 0.0643 e. The van der Waals surface area contributed by atoms with Crippen LogP contribution in [0.2, 0.25) is 5.02 Å². The highest BCUT2D eigenvalue weighted by molar-refractivity contribution is 6.30. The van der Waals surface area contributed by atoms with Crippen molar-refractivity contribution in [1.29, 1.82) is 0 Å². The van der Waals surface area contributed by atoms with Crippen molar-refractivity contribution >= 4 is 11.6 Å². The Balaban J connectivity index is 2.12. The van der Waals surface area contributed by atoms with Crippen LogP contribution in [0.3, 0.4) is 0 Å². The molecule has 1 heterocycles. The van der Waals surface area contributed by atoms with Gasteiger partial charge in [-0.3, -0.25) is 4.68 Å². The Bertz CT molecular complexity index is 587.